The third kappa shape index (κ3) is 4.15. The molecule has 1 aromatic carbocycles. The first-order valence-corrected chi connectivity index (χ1v) is 7.30. The van der Waals surface area contributed by atoms with Crippen molar-refractivity contribution >= 4 is 23.5 Å². The van der Waals surface area contributed by atoms with E-state index < -0.39 is 17.9 Å². The molecule has 7 heteroatoms. The first-order valence-electron chi connectivity index (χ1n) is 7.30. The Morgan fingerprint density at radius 1 is 1.35 bits per heavy atom. The summed E-state index contributed by atoms with van der Waals surface area (Å²) in [6.45, 7) is 1.86. The summed E-state index contributed by atoms with van der Waals surface area (Å²) in [4.78, 5) is 34.9. The lowest BCUT2D eigenvalue weighted by Gasteiger charge is -2.22. The van der Waals surface area contributed by atoms with Crippen LogP contribution in [0.4, 0.5) is 0 Å². The van der Waals surface area contributed by atoms with Crippen molar-refractivity contribution in [3.63, 3.8) is 0 Å². The zero-order valence-electron chi connectivity index (χ0n) is 13.1. The van der Waals surface area contributed by atoms with E-state index in [0.29, 0.717) is 0 Å². The quantitative estimate of drug-likeness (QED) is 0.853. The molecule has 0 bridgehead atoms. The van der Waals surface area contributed by atoms with Gasteiger partial charge in [0.2, 0.25) is 5.91 Å². The SMILES string of the molecule is Cc1ccccc1C(CC(=O)O)NC(=O)C1=NN(C)C(=O)CC1. The molecular weight excluding hydrogens is 298 g/mol. The van der Waals surface area contributed by atoms with Crippen molar-refractivity contribution in [1.82, 2.24) is 10.3 Å². The fraction of sp³-hybridized carbons (Fsp3) is 0.375. The van der Waals surface area contributed by atoms with E-state index in [9.17, 15) is 14.4 Å². The highest BCUT2D eigenvalue weighted by molar-refractivity contribution is 6.39. The summed E-state index contributed by atoms with van der Waals surface area (Å²) < 4.78 is 0. The van der Waals surface area contributed by atoms with Crippen LogP contribution in [0, 0.1) is 6.92 Å². The number of nitrogens with one attached hydrogen (secondary N) is 1. The molecule has 2 rings (SSSR count). The molecule has 1 heterocycles. The first kappa shape index (κ1) is 16.7. The van der Waals surface area contributed by atoms with Gasteiger partial charge in [-0.2, -0.15) is 5.10 Å². The van der Waals surface area contributed by atoms with Crippen LogP contribution in [0.1, 0.15) is 36.4 Å². The lowest BCUT2D eigenvalue weighted by molar-refractivity contribution is -0.137. The lowest BCUT2D eigenvalue weighted by Crippen LogP contribution is -2.39. The monoisotopic (exact) mass is 317 g/mol. The zero-order chi connectivity index (χ0) is 17.0. The van der Waals surface area contributed by atoms with Crippen LogP contribution < -0.4 is 5.32 Å². The number of benzene rings is 1. The first-order chi connectivity index (χ1) is 10.9. The van der Waals surface area contributed by atoms with Gasteiger partial charge in [0, 0.05) is 19.9 Å². The highest BCUT2D eigenvalue weighted by Gasteiger charge is 2.25. The van der Waals surface area contributed by atoms with Gasteiger partial charge in [-0.15, -0.1) is 0 Å². The fourth-order valence-corrected chi connectivity index (χ4v) is 2.47. The second-order valence-corrected chi connectivity index (χ2v) is 5.44. The molecule has 2 amide bonds. The Morgan fingerprint density at radius 3 is 2.65 bits per heavy atom. The number of carboxylic acids is 1. The second-order valence-electron chi connectivity index (χ2n) is 5.44. The number of carbonyl (C=O) groups excluding carboxylic acids is 2. The maximum atomic E-state index is 12.4. The lowest BCUT2D eigenvalue weighted by atomic mass is 9.98. The van der Waals surface area contributed by atoms with Crippen LogP contribution in [0.3, 0.4) is 0 Å². The van der Waals surface area contributed by atoms with Gasteiger partial charge in [-0.05, 0) is 18.1 Å². The van der Waals surface area contributed by atoms with Crippen molar-refractivity contribution in [3.8, 4) is 0 Å². The summed E-state index contributed by atoms with van der Waals surface area (Å²) in [6.07, 6.45) is 0.248. The van der Waals surface area contributed by atoms with Crippen LogP contribution >= 0.6 is 0 Å². The molecule has 0 saturated heterocycles. The molecule has 0 saturated carbocycles. The van der Waals surface area contributed by atoms with Crippen molar-refractivity contribution in [2.24, 2.45) is 5.10 Å². The van der Waals surface area contributed by atoms with E-state index in [4.69, 9.17) is 5.11 Å². The highest BCUT2D eigenvalue weighted by atomic mass is 16.4. The summed E-state index contributed by atoms with van der Waals surface area (Å²) in [5, 5.41) is 16.9. The van der Waals surface area contributed by atoms with E-state index in [0.717, 1.165) is 16.1 Å². The maximum absolute atomic E-state index is 12.4. The van der Waals surface area contributed by atoms with Crippen LogP contribution in [0.2, 0.25) is 0 Å². The number of rotatable bonds is 5. The van der Waals surface area contributed by atoms with E-state index >= 15 is 0 Å². The standard InChI is InChI=1S/C16H19N3O4/c1-10-5-3-4-6-11(10)13(9-15(21)22)17-16(23)12-7-8-14(20)19(2)18-12/h3-6,13H,7-9H2,1-2H3,(H,17,23)(H,21,22). The Morgan fingerprint density at radius 2 is 2.04 bits per heavy atom. The van der Waals surface area contributed by atoms with Crippen LogP contribution in [0.25, 0.3) is 0 Å². The van der Waals surface area contributed by atoms with Crippen molar-refractivity contribution in [3.05, 3.63) is 35.4 Å². The molecule has 0 aliphatic carbocycles. The van der Waals surface area contributed by atoms with Gasteiger partial charge in [0.1, 0.15) is 5.71 Å². The number of amides is 2. The number of hydrogen-bond acceptors (Lipinski definition) is 4. The molecule has 1 aromatic rings. The normalized spacial score (nSPS) is 15.8. The average molecular weight is 317 g/mol. The summed E-state index contributed by atoms with van der Waals surface area (Å²) >= 11 is 0. The van der Waals surface area contributed by atoms with Gasteiger partial charge in [-0.25, -0.2) is 5.01 Å². The van der Waals surface area contributed by atoms with E-state index in [1.54, 1.807) is 12.1 Å². The molecular formula is C16H19N3O4. The van der Waals surface area contributed by atoms with Gasteiger partial charge in [0.05, 0.1) is 12.5 Å². The molecule has 0 aromatic heterocycles. The van der Waals surface area contributed by atoms with E-state index in [1.165, 1.54) is 7.05 Å². The molecule has 7 nitrogen and oxygen atoms in total. The van der Waals surface area contributed by atoms with Gasteiger partial charge in [-0.1, -0.05) is 24.3 Å². The molecule has 0 radical (unpaired) electrons. The predicted molar refractivity (Wildman–Crippen MR) is 83.8 cm³/mol. The van der Waals surface area contributed by atoms with E-state index in [-0.39, 0.29) is 30.9 Å². The number of aliphatic carboxylic acids is 1. The number of aryl methyl sites for hydroxylation is 1. The average Bonchev–Trinajstić information content (AvgIpc) is 2.49. The van der Waals surface area contributed by atoms with Gasteiger partial charge >= 0.3 is 5.97 Å². The predicted octanol–water partition coefficient (Wildman–Crippen LogP) is 1.24. The number of carboxylic acid groups (broad SMARTS) is 1. The Bertz CT molecular complexity index is 669. The van der Waals surface area contributed by atoms with Crippen LogP contribution in [-0.4, -0.2) is 40.7 Å². The van der Waals surface area contributed by atoms with Crippen LogP contribution in [0.15, 0.2) is 29.4 Å². The highest BCUT2D eigenvalue weighted by Crippen LogP contribution is 2.21. The number of carbonyl (C=O) groups is 3. The molecule has 1 unspecified atom stereocenters. The van der Waals surface area contributed by atoms with Crippen LogP contribution in [0.5, 0.6) is 0 Å². The Balaban J connectivity index is 2.20. The minimum atomic E-state index is -1.00. The molecule has 0 spiro atoms. The molecule has 1 atom stereocenters. The van der Waals surface area contributed by atoms with Crippen molar-refractivity contribution in [2.45, 2.75) is 32.2 Å². The molecule has 0 fully saturated rings. The number of nitrogens with zero attached hydrogens (tertiary/aromatic N) is 2. The molecule has 1 aliphatic heterocycles. The maximum Gasteiger partial charge on any atom is 0.305 e. The Hall–Kier alpha value is -2.70. The smallest absolute Gasteiger partial charge is 0.305 e. The molecule has 1 aliphatic rings. The summed E-state index contributed by atoms with van der Waals surface area (Å²) in [5.41, 5.74) is 1.89. The summed E-state index contributed by atoms with van der Waals surface area (Å²) in [7, 11) is 1.49. The van der Waals surface area contributed by atoms with E-state index in [2.05, 4.69) is 10.4 Å². The third-order valence-electron chi connectivity index (χ3n) is 3.72. The molecule has 2 N–H and O–H groups in total. The zero-order valence-corrected chi connectivity index (χ0v) is 13.1. The van der Waals surface area contributed by atoms with Crippen LogP contribution in [-0.2, 0) is 14.4 Å². The fourth-order valence-electron chi connectivity index (χ4n) is 2.47. The number of hydrogen-bond donors (Lipinski definition) is 2. The van der Waals surface area contributed by atoms with Gasteiger partial charge in [0.25, 0.3) is 5.91 Å². The summed E-state index contributed by atoms with van der Waals surface area (Å²) in [5.74, 6) is -1.60. The Labute approximate surface area is 134 Å². The minimum absolute atomic E-state index is 0.150. The second kappa shape index (κ2) is 7.04. The molecule has 23 heavy (non-hydrogen) atoms. The minimum Gasteiger partial charge on any atom is -0.481 e. The van der Waals surface area contributed by atoms with Crippen molar-refractivity contribution in [2.75, 3.05) is 7.05 Å². The largest absolute Gasteiger partial charge is 0.481 e. The number of hydrazone groups is 1. The van der Waals surface area contributed by atoms with Crippen molar-refractivity contribution in [1.29, 1.82) is 0 Å². The molecule has 122 valence electrons. The van der Waals surface area contributed by atoms with Crippen molar-refractivity contribution < 1.29 is 19.5 Å². The Kier molecular flexibility index (Phi) is 5.10. The summed E-state index contributed by atoms with van der Waals surface area (Å²) in [6, 6.07) is 6.66. The van der Waals surface area contributed by atoms with Gasteiger partial charge < -0.3 is 10.4 Å². The van der Waals surface area contributed by atoms with Gasteiger partial charge in [0.15, 0.2) is 0 Å². The van der Waals surface area contributed by atoms with E-state index in [1.807, 2.05) is 19.1 Å². The third-order valence-corrected chi connectivity index (χ3v) is 3.72. The van der Waals surface area contributed by atoms with Gasteiger partial charge in [-0.3, -0.25) is 14.4 Å². The topological polar surface area (TPSA) is 99.1 Å².